The fraction of sp³-hybridized carbons (Fsp3) is 0.533. The molecule has 0 radical (unpaired) electrons. The molecule has 1 aromatic carbocycles. The van der Waals surface area contributed by atoms with Crippen LogP contribution >= 0.6 is 0 Å². The minimum atomic E-state index is -0.519. The molecule has 110 valence electrons. The highest BCUT2D eigenvalue weighted by Crippen LogP contribution is 2.25. The normalized spacial score (nSPS) is 21.3. The average Bonchev–Trinajstić information content (AvgIpc) is 2.78. The number of nitrogens with zero attached hydrogens (tertiary/aromatic N) is 1. The molecule has 0 saturated carbocycles. The highest BCUT2D eigenvalue weighted by molar-refractivity contribution is 5.63. The molecule has 0 spiro atoms. The zero-order chi connectivity index (χ0) is 14.6. The highest BCUT2D eigenvalue weighted by atomic mass is 16.7. The molecule has 1 atom stereocenters. The Balaban J connectivity index is 1.97. The molecule has 1 unspecified atom stereocenters. The van der Waals surface area contributed by atoms with Gasteiger partial charge in [-0.1, -0.05) is 0 Å². The second-order valence-corrected chi connectivity index (χ2v) is 5.03. The van der Waals surface area contributed by atoms with Crippen LogP contribution in [0.15, 0.2) is 23.2 Å². The number of benzene rings is 1. The van der Waals surface area contributed by atoms with E-state index in [0.717, 1.165) is 17.1 Å². The second kappa shape index (κ2) is 6.24. The van der Waals surface area contributed by atoms with Crippen molar-refractivity contribution in [3.05, 3.63) is 23.8 Å². The van der Waals surface area contributed by atoms with Gasteiger partial charge in [0.1, 0.15) is 17.6 Å². The third kappa shape index (κ3) is 3.71. The van der Waals surface area contributed by atoms with Gasteiger partial charge in [-0.15, -0.1) is 0 Å². The first kappa shape index (κ1) is 14.8. The predicted octanol–water partition coefficient (Wildman–Crippen LogP) is 2.43. The summed E-state index contributed by atoms with van der Waals surface area (Å²) in [6, 6.07) is 5.69. The van der Waals surface area contributed by atoms with E-state index in [1.54, 1.807) is 20.4 Å². The zero-order valence-electron chi connectivity index (χ0n) is 12.4. The van der Waals surface area contributed by atoms with Crippen LogP contribution in [0, 0.1) is 0 Å². The van der Waals surface area contributed by atoms with Crippen molar-refractivity contribution >= 4 is 6.21 Å². The third-order valence-electron chi connectivity index (χ3n) is 3.06. The Hall–Kier alpha value is -1.59. The van der Waals surface area contributed by atoms with Gasteiger partial charge in [0.25, 0.3) is 0 Å². The molecule has 1 aromatic rings. The summed E-state index contributed by atoms with van der Waals surface area (Å²) in [5.74, 6) is 1.02. The lowest BCUT2D eigenvalue weighted by molar-refractivity contribution is -0.130. The monoisotopic (exact) mass is 279 g/mol. The van der Waals surface area contributed by atoms with Crippen LogP contribution in [0.5, 0.6) is 11.5 Å². The molecular formula is C15H21NO4. The molecule has 1 fully saturated rings. The Bertz CT molecular complexity index is 485. The molecule has 0 amide bonds. The van der Waals surface area contributed by atoms with Gasteiger partial charge in [0.2, 0.25) is 0 Å². The quantitative estimate of drug-likeness (QED) is 0.777. The van der Waals surface area contributed by atoms with Crippen LogP contribution < -0.4 is 9.47 Å². The van der Waals surface area contributed by atoms with Gasteiger partial charge in [0.15, 0.2) is 5.79 Å². The number of ether oxygens (including phenoxy) is 4. The van der Waals surface area contributed by atoms with Crippen molar-refractivity contribution < 1.29 is 18.9 Å². The molecule has 0 bridgehead atoms. The summed E-state index contributed by atoms with van der Waals surface area (Å²) < 4.78 is 21.6. The van der Waals surface area contributed by atoms with Crippen LogP contribution in [0.25, 0.3) is 0 Å². The zero-order valence-corrected chi connectivity index (χ0v) is 12.4. The summed E-state index contributed by atoms with van der Waals surface area (Å²) in [7, 11) is 3.27. The van der Waals surface area contributed by atoms with Gasteiger partial charge >= 0.3 is 0 Å². The van der Waals surface area contributed by atoms with Gasteiger partial charge in [-0.05, 0) is 26.0 Å². The lowest BCUT2D eigenvalue weighted by Gasteiger charge is -2.15. The van der Waals surface area contributed by atoms with E-state index in [9.17, 15) is 0 Å². The first-order chi connectivity index (χ1) is 9.54. The van der Waals surface area contributed by atoms with Gasteiger partial charge in [-0.3, -0.25) is 4.99 Å². The molecule has 0 aliphatic carbocycles. The minimum absolute atomic E-state index is 0.0887. The Morgan fingerprint density at radius 3 is 2.75 bits per heavy atom. The lowest BCUT2D eigenvalue weighted by atomic mass is 10.2. The van der Waals surface area contributed by atoms with E-state index >= 15 is 0 Å². The molecule has 2 rings (SSSR count). The van der Waals surface area contributed by atoms with Crippen LogP contribution in [-0.2, 0) is 16.0 Å². The van der Waals surface area contributed by atoms with Crippen molar-refractivity contribution in [3.63, 3.8) is 0 Å². The Morgan fingerprint density at radius 2 is 2.15 bits per heavy atom. The van der Waals surface area contributed by atoms with Crippen molar-refractivity contribution in [2.24, 2.45) is 4.99 Å². The van der Waals surface area contributed by atoms with Crippen LogP contribution in [-0.4, -0.2) is 38.9 Å². The first-order valence-corrected chi connectivity index (χ1v) is 6.56. The van der Waals surface area contributed by atoms with Crippen molar-refractivity contribution in [1.82, 2.24) is 0 Å². The molecule has 5 nitrogen and oxygen atoms in total. The summed E-state index contributed by atoms with van der Waals surface area (Å²) in [4.78, 5) is 4.40. The fourth-order valence-electron chi connectivity index (χ4n) is 2.04. The van der Waals surface area contributed by atoms with E-state index in [2.05, 4.69) is 4.99 Å². The third-order valence-corrected chi connectivity index (χ3v) is 3.06. The number of hydrogen-bond donors (Lipinski definition) is 0. The average molecular weight is 279 g/mol. The van der Waals surface area contributed by atoms with Crippen LogP contribution in [0.1, 0.15) is 19.4 Å². The molecule has 1 heterocycles. The number of aliphatic imine (C=N–C) groups is 1. The van der Waals surface area contributed by atoms with Crippen LogP contribution in [0.3, 0.4) is 0 Å². The molecule has 0 N–H and O–H groups in total. The van der Waals surface area contributed by atoms with E-state index in [-0.39, 0.29) is 6.10 Å². The van der Waals surface area contributed by atoms with Crippen molar-refractivity contribution in [2.75, 3.05) is 20.8 Å². The maximum atomic E-state index is 5.66. The molecule has 5 heteroatoms. The lowest BCUT2D eigenvalue weighted by Crippen LogP contribution is -2.21. The topological polar surface area (TPSA) is 49.3 Å². The second-order valence-electron chi connectivity index (χ2n) is 5.03. The van der Waals surface area contributed by atoms with Crippen molar-refractivity contribution in [2.45, 2.75) is 32.3 Å². The maximum Gasteiger partial charge on any atom is 0.163 e. The minimum Gasteiger partial charge on any atom is -0.497 e. The van der Waals surface area contributed by atoms with Gasteiger partial charge < -0.3 is 18.9 Å². The molecule has 1 aliphatic heterocycles. The van der Waals surface area contributed by atoms with E-state index in [0.29, 0.717) is 13.2 Å². The smallest absolute Gasteiger partial charge is 0.163 e. The number of hydrogen-bond acceptors (Lipinski definition) is 5. The summed E-state index contributed by atoms with van der Waals surface area (Å²) >= 11 is 0. The maximum absolute atomic E-state index is 5.66. The molecule has 0 aromatic heterocycles. The highest BCUT2D eigenvalue weighted by Gasteiger charge is 2.31. The summed E-state index contributed by atoms with van der Waals surface area (Å²) in [5.41, 5.74) is 1.00. The van der Waals surface area contributed by atoms with E-state index in [4.69, 9.17) is 18.9 Å². The number of methoxy groups -OCH3 is 2. The van der Waals surface area contributed by atoms with Crippen LogP contribution in [0.2, 0.25) is 0 Å². The Kier molecular flexibility index (Phi) is 4.62. The Morgan fingerprint density at radius 1 is 1.35 bits per heavy atom. The van der Waals surface area contributed by atoms with Crippen LogP contribution in [0.4, 0.5) is 0 Å². The molecule has 1 saturated heterocycles. The van der Waals surface area contributed by atoms with E-state index in [1.807, 2.05) is 32.0 Å². The largest absolute Gasteiger partial charge is 0.497 e. The van der Waals surface area contributed by atoms with Gasteiger partial charge in [-0.2, -0.15) is 0 Å². The SMILES string of the molecule is COc1ccc(CN=CC2COC(C)(C)O2)c(OC)c1. The van der Waals surface area contributed by atoms with E-state index < -0.39 is 5.79 Å². The summed E-state index contributed by atoms with van der Waals surface area (Å²) in [6.07, 6.45) is 1.70. The van der Waals surface area contributed by atoms with Crippen molar-refractivity contribution in [3.8, 4) is 11.5 Å². The van der Waals surface area contributed by atoms with Gasteiger partial charge in [0.05, 0.1) is 27.4 Å². The van der Waals surface area contributed by atoms with E-state index in [1.165, 1.54) is 0 Å². The van der Waals surface area contributed by atoms with Gasteiger partial charge in [0, 0.05) is 17.8 Å². The van der Waals surface area contributed by atoms with Gasteiger partial charge in [-0.25, -0.2) is 0 Å². The molecule has 1 aliphatic rings. The fourth-order valence-corrected chi connectivity index (χ4v) is 2.04. The number of rotatable bonds is 5. The predicted molar refractivity (Wildman–Crippen MR) is 76.6 cm³/mol. The standard InChI is InChI=1S/C15H21NO4/c1-15(2)19-10-13(20-15)9-16-8-11-5-6-12(17-3)7-14(11)18-4/h5-7,9,13H,8,10H2,1-4H3. The molecule has 20 heavy (non-hydrogen) atoms. The summed E-state index contributed by atoms with van der Waals surface area (Å²) in [6.45, 7) is 4.87. The Labute approximate surface area is 119 Å². The van der Waals surface area contributed by atoms with Crippen molar-refractivity contribution in [1.29, 1.82) is 0 Å². The summed E-state index contributed by atoms with van der Waals surface area (Å²) in [5, 5.41) is 0. The molecular weight excluding hydrogens is 258 g/mol. The first-order valence-electron chi connectivity index (χ1n) is 6.56.